The molecule has 108 valence electrons. The van der Waals surface area contributed by atoms with Crippen LogP contribution >= 0.6 is 23.2 Å². The summed E-state index contributed by atoms with van der Waals surface area (Å²) in [5.41, 5.74) is 1.36. The fraction of sp³-hybridized carbons (Fsp3) is 0.267. The standard InChI is InChI=1S/C15H13Cl2N3O/c16-11-3-1-10(2-4-11)9-20(12-5-6-12)15(21)13-7-19-14(17)8-18-13/h1-4,7-8,12H,5-6,9H2. The number of halogens is 2. The number of nitrogens with zero attached hydrogens (tertiary/aromatic N) is 3. The van der Waals surface area contributed by atoms with Crippen molar-refractivity contribution < 1.29 is 4.79 Å². The molecular formula is C15H13Cl2N3O. The lowest BCUT2D eigenvalue weighted by Gasteiger charge is -2.22. The van der Waals surface area contributed by atoms with E-state index >= 15 is 0 Å². The zero-order valence-electron chi connectivity index (χ0n) is 11.2. The molecule has 0 bridgehead atoms. The number of carbonyl (C=O) groups excluding carboxylic acids is 1. The third kappa shape index (κ3) is 3.52. The molecule has 0 spiro atoms. The summed E-state index contributed by atoms with van der Waals surface area (Å²) >= 11 is 11.6. The van der Waals surface area contributed by atoms with Crippen molar-refractivity contribution in [2.24, 2.45) is 0 Å². The van der Waals surface area contributed by atoms with E-state index in [9.17, 15) is 4.79 Å². The second-order valence-electron chi connectivity index (χ2n) is 5.02. The Kier molecular flexibility index (Phi) is 4.08. The lowest BCUT2D eigenvalue weighted by atomic mass is 10.2. The third-order valence-electron chi connectivity index (χ3n) is 3.35. The lowest BCUT2D eigenvalue weighted by Crippen LogP contribution is -2.33. The van der Waals surface area contributed by atoms with Crippen LogP contribution in [0.25, 0.3) is 0 Å². The number of amides is 1. The van der Waals surface area contributed by atoms with E-state index in [-0.39, 0.29) is 17.1 Å². The monoisotopic (exact) mass is 321 g/mol. The molecule has 0 saturated heterocycles. The molecule has 1 heterocycles. The zero-order chi connectivity index (χ0) is 14.8. The van der Waals surface area contributed by atoms with Crippen molar-refractivity contribution in [1.82, 2.24) is 14.9 Å². The second kappa shape index (κ2) is 6.00. The van der Waals surface area contributed by atoms with Crippen LogP contribution in [0.1, 0.15) is 28.9 Å². The maximum atomic E-state index is 12.6. The van der Waals surface area contributed by atoms with E-state index in [0.717, 1.165) is 18.4 Å². The molecule has 4 nitrogen and oxygen atoms in total. The van der Waals surface area contributed by atoms with Gasteiger partial charge in [-0.05, 0) is 30.5 Å². The van der Waals surface area contributed by atoms with Gasteiger partial charge >= 0.3 is 0 Å². The van der Waals surface area contributed by atoms with Crippen LogP contribution in [0.15, 0.2) is 36.7 Å². The van der Waals surface area contributed by atoms with Crippen LogP contribution in [0.2, 0.25) is 10.2 Å². The normalized spacial score (nSPS) is 14.0. The summed E-state index contributed by atoms with van der Waals surface area (Å²) in [6.07, 6.45) is 4.87. The highest BCUT2D eigenvalue weighted by molar-refractivity contribution is 6.30. The van der Waals surface area contributed by atoms with Gasteiger partial charge in [0.1, 0.15) is 10.8 Å². The number of carbonyl (C=O) groups is 1. The van der Waals surface area contributed by atoms with Crippen LogP contribution in [0.3, 0.4) is 0 Å². The SMILES string of the molecule is O=C(c1cnc(Cl)cn1)N(Cc1ccc(Cl)cc1)C1CC1. The average molecular weight is 322 g/mol. The van der Waals surface area contributed by atoms with E-state index < -0.39 is 0 Å². The molecule has 1 saturated carbocycles. The van der Waals surface area contributed by atoms with Gasteiger partial charge < -0.3 is 4.90 Å². The van der Waals surface area contributed by atoms with Gasteiger partial charge in [0.05, 0.1) is 12.4 Å². The fourth-order valence-electron chi connectivity index (χ4n) is 2.11. The van der Waals surface area contributed by atoms with Gasteiger partial charge in [-0.25, -0.2) is 9.97 Å². The van der Waals surface area contributed by atoms with Crippen LogP contribution < -0.4 is 0 Å². The molecule has 0 radical (unpaired) electrons. The van der Waals surface area contributed by atoms with Gasteiger partial charge in [0.25, 0.3) is 5.91 Å². The Labute approximate surface area is 132 Å². The van der Waals surface area contributed by atoms with Crippen molar-refractivity contribution in [3.63, 3.8) is 0 Å². The average Bonchev–Trinajstić information content (AvgIpc) is 3.31. The number of hydrogen-bond acceptors (Lipinski definition) is 3. The molecule has 1 aliphatic carbocycles. The first-order valence-corrected chi connectivity index (χ1v) is 7.42. The summed E-state index contributed by atoms with van der Waals surface area (Å²) < 4.78 is 0. The number of benzene rings is 1. The summed E-state index contributed by atoms with van der Waals surface area (Å²) in [4.78, 5) is 22.4. The number of hydrogen-bond donors (Lipinski definition) is 0. The van der Waals surface area contributed by atoms with Gasteiger partial charge in [-0.3, -0.25) is 4.79 Å². The molecular weight excluding hydrogens is 309 g/mol. The van der Waals surface area contributed by atoms with Gasteiger partial charge in [-0.1, -0.05) is 35.3 Å². The Morgan fingerprint density at radius 2 is 1.86 bits per heavy atom. The molecule has 2 aromatic rings. The van der Waals surface area contributed by atoms with Crippen LogP contribution in [-0.4, -0.2) is 26.8 Å². The molecule has 0 atom stereocenters. The minimum absolute atomic E-state index is 0.114. The van der Waals surface area contributed by atoms with Gasteiger partial charge in [-0.15, -0.1) is 0 Å². The van der Waals surface area contributed by atoms with Crippen LogP contribution in [-0.2, 0) is 6.54 Å². The molecule has 0 N–H and O–H groups in total. The first kappa shape index (κ1) is 14.3. The summed E-state index contributed by atoms with van der Waals surface area (Å²) in [6.45, 7) is 0.547. The quantitative estimate of drug-likeness (QED) is 0.864. The molecule has 21 heavy (non-hydrogen) atoms. The second-order valence-corrected chi connectivity index (χ2v) is 5.84. The molecule has 1 aromatic carbocycles. The number of rotatable bonds is 4. The Balaban J connectivity index is 1.79. The molecule has 1 amide bonds. The lowest BCUT2D eigenvalue weighted by molar-refractivity contribution is 0.0723. The summed E-state index contributed by atoms with van der Waals surface area (Å²) in [7, 11) is 0. The van der Waals surface area contributed by atoms with Crippen LogP contribution in [0, 0.1) is 0 Å². The van der Waals surface area contributed by atoms with E-state index in [1.807, 2.05) is 29.2 Å². The maximum absolute atomic E-state index is 12.6. The molecule has 1 aromatic heterocycles. The highest BCUT2D eigenvalue weighted by Gasteiger charge is 2.33. The highest BCUT2D eigenvalue weighted by Crippen LogP contribution is 2.29. The van der Waals surface area contributed by atoms with Crippen molar-refractivity contribution in [3.05, 3.63) is 58.1 Å². The topological polar surface area (TPSA) is 46.1 Å². The van der Waals surface area contributed by atoms with Crippen molar-refractivity contribution in [2.45, 2.75) is 25.4 Å². The fourth-order valence-corrected chi connectivity index (χ4v) is 2.33. The van der Waals surface area contributed by atoms with Crippen LogP contribution in [0.5, 0.6) is 0 Å². The van der Waals surface area contributed by atoms with Gasteiger partial charge in [0.15, 0.2) is 0 Å². The van der Waals surface area contributed by atoms with Gasteiger partial charge in [0.2, 0.25) is 0 Å². The molecule has 0 aliphatic heterocycles. The predicted octanol–water partition coefficient (Wildman–Crippen LogP) is 3.59. The minimum atomic E-state index is -0.114. The molecule has 0 unspecified atom stereocenters. The van der Waals surface area contributed by atoms with Crippen molar-refractivity contribution in [2.75, 3.05) is 0 Å². The largest absolute Gasteiger partial charge is 0.330 e. The van der Waals surface area contributed by atoms with E-state index in [0.29, 0.717) is 17.3 Å². The summed E-state index contributed by atoms with van der Waals surface area (Å²) in [5, 5.41) is 0.967. The van der Waals surface area contributed by atoms with E-state index in [1.165, 1.54) is 12.4 Å². The highest BCUT2D eigenvalue weighted by atomic mass is 35.5. The first-order chi connectivity index (χ1) is 10.1. The molecule has 1 fully saturated rings. The summed E-state index contributed by atoms with van der Waals surface area (Å²) in [5.74, 6) is -0.114. The minimum Gasteiger partial charge on any atom is -0.330 e. The van der Waals surface area contributed by atoms with E-state index in [2.05, 4.69) is 9.97 Å². The van der Waals surface area contributed by atoms with E-state index in [1.54, 1.807) is 0 Å². The summed E-state index contributed by atoms with van der Waals surface area (Å²) in [6, 6.07) is 7.80. The Hall–Kier alpha value is -1.65. The van der Waals surface area contributed by atoms with Crippen LogP contribution in [0.4, 0.5) is 0 Å². The van der Waals surface area contributed by atoms with Gasteiger partial charge in [-0.2, -0.15) is 0 Å². The van der Waals surface area contributed by atoms with Crippen molar-refractivity contribution >= 4 is 29.1 Å². The van der Waals surface area contributed by atoms with E-state index in [4.69, 9.17) is 23.2 Å². The molecule has 6 heteroatoms. The maximum Gasteiger partial charge on any atom is 0.274 e. The third-order valence-corrected chi connectivity index (χ3v) is 3.80. The molecule has 1 aliphatic rings. The smallest absolute Gasteiger partial charge is 0.274 e. The van der Waals surface area contributed by atoms with Crippen molar-refractivity contribution in [1.29, 1.82) is 0 Å². The molecule has 3 rings (SSSR count). The van der Waals surface area contributed by atoms with Gasteiger partial charge in [0, 0.05) is 17.6 Å². The zero-order valence-corrected chi connectivity index (χ0v) is 12.7. The predicted molar refractivity (Wildman–Crippen MR) is 81.4 cm³/mol. The Morgan fingerprint density at radius 3 is 2.43 bits per heavy atom. The Bertz CT molecular complexity index is 639. The first-order valence-electron chi connectivity index (χ1n) is 6.66. The number of aromatic nitrogens is 2. The van der Waals surface area contributed by atoms with Crippen molar-refractivity contribution in [3.8, 4) is 0 Å². The Morgan fingerprint density at radius 1 is 1.14 bits per heavy atom.